The molecule has 0 aliphatic heterocycles. The lowest BCUT2D eigenvalue weighted by Gasteiger charge is -2.13. The maximum absolute atomic E-state index is 9.82. The van der Waals surface area contributed by atoms with E-state index in [4.69, 9.17) is 11.2 Å². The molecule has 0 fully saturated rings. The molecule has 0 heterocycles. The van der Waals surface area contributed by atoms with E-state index in [2.05, 4.69) is 5.92 Å². The maximum atomic E-state index is 9.82. The summed E-state index contributed by atoms with van der Waals surface area (Å²) in [4.78, 5) is 9.82. The van der Waals surface area contributed by atoms with Gasteiger partial charge < -0.3 is 20.0 Å². The molecular formula is C6H8NO3-. The standard InChI is InChI=1S/C6H9NO3/c1-3-4-10-5(2)7-6(8)9/h1,5,7H,4H2,2H3,(H,8,9)/p-1. The third kappa shape index (κ3) is 4.94. The lowest BCUT2D eigenvalue weighted by Crippen LogP contribution is -2.43. The van der Waals surface area contributed by atoms with Crippen LogP contribution in [0, 0.1) is 12.3 Å². The van der Waals surface area contributed by atoms with Crippen LogP contribution in [0.2, 0.25) is 0 Å². The van der Waals surface area contributed by atoms with Crippen molar-refractivity contribution in [3.63, 3.8) is 0 Å². The van der Waals surface area contributed by atoms with E-state index < -0.39 is 12.3 Å². The number of rotatable bonds is 3. The quantitative estimate of drug-likeness (QED) is 0.402. The Balaban J connectivity index is 3.36. The number of hydrogen-bond donors (Lipinski definition) is 1. The Hall–Kier alpha value is -1.21. The number of carbonyl (C=O) groups excluding carboxylic acids is 1. The molecule has 0 rings (SSSR count). The minimum atomic E-state index is -1.37. The van der Waals surface area contributed by atoms with Crippen LogP contribution >= 0.6 is 0 Å². The van der Waals surface area contributed by atoms with Gasteiger partial charge in [-0.3, -0.25) is 0 Å². The van der Waals surface area contributed by atoms with Crippen molar-refractivity contribution >= 4 is 6.09 Å². The first kappa shape index (κ1) is 8.79. The smallest absolute Gasteiger partial charge is 0.136 e. The van der Waals surface area contributed by atoms with E-state index in [1.165, 1.54) is 6.92 Å². The molecule has 1 N–H and O–H groups in total. The van der Waals surface area contributed by atoms with Gasteiger partial charge in [-0.25, -0.2) is 0 Å². The van der Waals surface area contributed by atoms with E-state index in [9.17, 15) is 9.90 Å². The van der Waals surface area contributed by atoms with Crippen LogP contribution in [0.1, 0.15) is 6.92 Å². The molecular weight excluding hydrogens is 134 g/mol. The summed E-state index contributed by atoms with van der Waals surface area (Å²) in [6, 6.07) is 0. The second kappa shape index (κ2) is 4.65. The van der Waals surface area contributed by atoms with Gasteiger partial charge in [-0.1, -0.05) is 5.92 Å². The maximum Gasteiger partial charge on any atom is 0.136 e. The first-order valence-electron chi connectivity index (χ1n) is 2.69. The SMILES string of the molecule is C#CCOC(C)NC(=O)[O-]. The molecule has 0 aromatic carbocycles. The number of ether oxygens (including phenoxy) is 1. The average molecular weight is 142 g/mol. The van der Waals surface area contributed by atoms with Gasteiger partial charge in [-0.15, -0.1) is 6.42 Å². The van der Waals surface area contributed by atoms with Crippen LogP contribution in [0.3, 0.4) is 0 Å². The second-order valence-corrected chi connectivity index (χ2v) is 1.59. The van der Waals surface area contributed by atoms with Crippen molar-refractivity contribution in [2.45, 2.75) is 13.2 Å². The molecule has 0 saturated carbocycles. The molecule has 0 aliphatic carbocycles. The van der Waals surface area contributed by atoms with Gasteiger partial charge in [0.1, 0.15) is 18.9 Å². The largest absolute Gasteiger partial charge is 0.530 e. The van der Waals surface area contributed by atoms with Gasteiger partial charge in [0.2, 0.25) is 0 Å². The summed E-state index contributed by atoms with van der Waals surface area (Å²) in [6.45, 7) is 1.61. The third-order valence-corrected chi connectivity index (χ3v) is 0.738. The summed E-state index contributed by atoms with van der Waals surface area (Å²) in [6.07, 6.45) is 2.86. The van der Waals surface area contributed by atoms with Crippen LogP contribution in [-0.2, 0) is 4.74 Å². The van der Waals surface area contributed by atoms with Gasteiger partial charge in [0.15, 0.2) is 0 Å². The molecule has 56 valence electrons. The summed E-state index contributed by atoms with van der Waals surface area (Å²) in [5.74, 6) is 2.20. The van der Waals surface area contributed by atoms with Crippen LogP contribution in [0.4, 0.5) is 4.79 Å². The molecule has 1 unspecified atom stereocenters. The van der Waals surface area contributed by atoms with Crippen molar-refractivity contribution in [2.24, 2.45) is 0 Å². The second-order valence-electron chi connectivity index (χ2n) is 1.59. The number of terminal acetylenes is 1. The molecule has 1 amide bonds. The highest BCUT2D eigenvalue weighted by atomic mass is 16.5. The minimum Gasteiger partial charge on any atom is -0.530 e. The van der Waals surface area contributed by atoms with Crippen molar-refractivity contribution in [3.8, 4) is 12.3 Å². The molecule has 0 saturated heterocycles. The van der Waals surface area contributed by atoms with Gasteiger partial charge in [0, 0.05) is 0 Å². The Kier molecular flexibility index (Phi) is 4.09. The first-order chi connectivity index (χ1) is 4.66. The van der Waals surface area contributed by atoms with Gasteiger partial charge >= 0.3 is 0 Å². The predicted octanol–water partition coefficient (Wildman–Crippen LogP) is -1.08. The summed E-state index contributed by atoms with van der Waals surface area (Å²) in [5.41, 5.74) is 0. The van der Waals surface area contributed by atoms with Crippen LogP contribution in [0.5, 0.6) is 0 Å². The highest BCUT2D eigenvalue weighted by Gasteiger charge is 1.96. The Bertz CT molecular complexity index is 150. The van der Waals surface area contributed by atoms with Gasteiger partial charge in [0.05, 0.1) is 0 Å². The topological polar surface area (TPSA) is 61.4 Å². The summed E-state index contributed by atoms with van der Waals surface area (Å²) in [5, 5.41) is 11.8. The molecule has 10 heavy (non-hydrogen) atoms. The zero-order valence-corrected chi connectivity index (χ0v) is 5.59. The lowest BCUT2D eigenvalue weighted by molar-refractivity contribution is -0.254. The molecule has 0 bridgehead atoms. The van der Waals surface area contributed by atoms with Crippen molar-refractivity contribution in [1.82, 2.24) is 5.32 Å². The van der Waals surface area contributed by atoms with E-state index in [0.717, 1.165) is 0 Å². The zero-order valence-electron chi connectivity index (χ0n) is 5.59. The fourth-order valence-electron chi connectivity index (χ4n) is 0.381. The Labute approximate surface area is 59.2 Å². The predicted molar refractivity (Wildman–Crippen MR) is 32.8 cm³/mol. The van der Waals surface area contributed by atoms with Crippen LogP contribution < -0.4 is 10.4 Å². The first-order valence-corrected chi connectivity index (χ1v) is 2.69. The van der Waals surface area contributed by atoms with Crippen LogP contribution in [0.15, 0.2) is 0 Å². The van der Waals surface area contributed by atoms with Crippen molar-refractivity contribution in [3.05, 3.63) is 0 Å². The minimum absolute atomic E-state index is 0.0848. The monoisotopic (exact) mass is 142 g/mol. The van der Waals surface area contributed by atoms with Crippen molar-refractivity contribution in [1.29, 1.82) is 0 Å². The Morgan fingerprint density at radius 2 is 2.60 bits per heavy atom. The van der Waals surface area contributed by atoms with Crippen molar-refractivity contribution < 1.29 is 14.6 Å². The lowest BCUT2D eigenvalue weighted by atomic mass is 10.6. The average Bonchev–Trinajstić information content (AvgIpc) is 1.82. The molecule has 1 atom stereocenters. The normalized spacial score (nSPS) is 11.6. The molecule has 0 radical (unpaired) electrons. The summed E-state index contributed by atoms with van der Waals surface area (Å²) >= 11 is 0. The van der Waals surface area contributed by atoms with Gasteiger partial charge in [-0.2, -0.15) is 0 Å². The van der Waals surface area contributed by atoms with Crippen LogP contribution in [-0.4, -0.2) is 18.9 Å². The fraction of sp³-hybridized carbons (Fsp3) is 0.500. The molecule has 0 aromatic heterocycles. The number of nitrogens with one attached hydrogen (secondary N) is 1. The van der Waals surface area contributed by atoms with Gasteiger partial charge in [0.25, 0.3) is 0 Å². The van der Waals surface area contributed by atoms with E-state index >= 15 is 0 Å². The highest BCUT2D eigenvalue weighted by molar-refractivity contribution is 5.61. The molecule has 4 nitrogen and oxygen atoms in total. The number of carboxylic acid groups (broad SMARTS) is 1. The zero-order chi connectivity index (χ0) is 7.98. The highest BCUT2D eigenvalue weighted by Crippen LogP contribution is 1.81. The fourth-order valence-corrected chi connectivity index (χ4v) is 0.381. The number of carbonyl (C=O) groups is 1. The summed E-state index contributed by atoms with van der Waals surface area (Å²) < 4.78 is 4.73. The molecule has 0 aliphatic rings. The van der Waals surface area contributed by atoms with Crippen LogP contribution in [0.25, 0.3) is 0 Å². The Morgan fingerprint density at radius 1 is 2.00 bits per heavy atom. The van der Waals surface area contributed by atoms with E-state index in [1.807, 2.05) is 5.32 Å². The molecule has 4 heteroatoms. The van der Waals surface area contributed by atoms with Crippen molar-refractivity contribution in [2.75, 3.05) is 6.61 Å². The number of hydrogen-bond acceptors (Lipinski definition) is 3. The van der Waals surface area contributed by atoms with Gasteiger partial charge in [-0.05, 0) is 6.92 Å². The van der Waals surface area contributed by atoms with E-state index in [1.54, 1.807) is 0 Å². The third-order valence-electron chi connectivity index (χ3n) is 0.738. The van der Waals surface area contributed by atoms with E-state index in [0.29, 0.717) is 0 Å². The molecule has 0 spiro atoms. The number of amides is 1. The molecule has 0 aromatic rings. The Morgan fingerprint density at radius 3 is 3.00 bits per heavy atom. The summed E-state index contributed by atoms with van der Waals surface area (Å²) in [7, 11) is 0. The van der Waals surface area contributed by atoms with E-state index in [-0.39, 0.29) is 6.61 Å².